The van der Waals surface area contributed by atoms with Crippen molar-refractivity contribution in [2.24, 2.45) is 0 Å². The van der Waals surface area contributed by atoms with E-state index in [1.165, 1.54) is 6.33 Å². The molecule has 20 heavy (non-hydrogen) atoms. The minimum Gasteiger partial charge on any atom is -0.287 e. The van der Waals surface area contributed by atoms with E-state index < -0.39 is 10.0 Å². The average Bonchev–Trinajstić information content (AvgIpc) is 2.86. The number of aromatic nitrogens is 3. The van der Waals surface area contributed by atoms with Gasteiger partial charge in [0, 0.05) is 6.20 Å². The summed E-state index contributed by atoms with van der Waals surface area (Å²) < 4.78 is 28.9. The van der Waals surface area contributed by atoms with Gasteiger partial charge in [-0.1, -0.05) is 18.2 Å². The molecule has 0 unspecified atom stereocenters. The summed E-state index contributed by atoms with van der Waals surface area (Å²) in [5, 5.41) is 7.61. The first-order valence-corrected chi connectivity index (χ1v) is 7.42. The van der Waals surface area contributed by atoms with Crippen molar-refractivity contribution in [3.63, 3.8) is 0 Å². The van der Waals surface area contributed by atoms with Crippen LogP contribution in [0.25, 0.3) is 5.65 Å². The van der Waals surface area contributed by atoms with Gasteiger partial charge in [0.05, 0.1) is 10.6 Å². The van der Waals surface area contributed by atoms with E-state index >= 15 is 0 Å². The highest BCUT2D eigenvalue weighted by atomic mass is 32.2. The first-order chi connectivity index (χ1) is 9.56. The molecule has 0 saturated heterocycles. The van der Waals surface area contributed by atoms with Gasteiger partial charge in [0.2, 0.25) is 0 Å². The second kappa shape index (κ2) is 4.61. The van der Waals surface area contributed by atoms with Gasteiger partial charge in [0.1, 0.15) is 6.33 Å². The van der Waals surface area contributed by atoms with Crippen molar-refractivity contribution in [2.75, 3.05) is 4.72 Å². The van der Waals surface area contributed by atoms with E-state index in [1.807, 2.05) is 0 Å². The molecule has 0 saturated carbocycles. The maximum absolute atomic E-state index is 12.3. The first kappa shape index (κ1) is 12.6. The average molecular weight is 288 g/mol. The number of fused-ring (bicyclic) bond motifs is 1. The van der Waals surface area contributed by atoms with Crippen molar-refractivity contribution in [1.82, 2.24) is 14.6 Å². The molecule has 7 heteroatoms. The number of hydrogen-bond donors (Lipinski definition) is 1. The van der Waals surface area contributed by atoms with Gasteiger partial charge < -0.3 is 0 Å². The van der Waals surface area contributed by atoms with Crippen molar-refractivity contribution >= 4 is 21.4 Å². The highest BCUT2D eigenvalue weighted by molar-refractivity contribution is 7.92. The van der Waals surface area contributed by atoms with Crippen LogP contribution < -0.4 is 4.72 Å². The molecule has 2 aromatic heterocycles. The SMILES string of the molecule is Cc1ccccc1S(=O)(=O)Nc1ccc2nncn2c1. The summed E-state index contributed by atoms with van der Waals surface area (Å²) >= 11 is 0. The molecule has 102 valence electrons. The summed E-state index contributed by atoms with van der Waals surface area (Å²) in [4.78, 5) is 0.267. The number of nitrogens with zero attached hydrogens (tertiary/aromatic N) is 3. The third kappa shape index (κ3) is 2.23. The number of pyridine rings is 1. The van der Waals surface area contributed by atoms with Crippen molar-refractivity contribution in [2.45, 2.75) is 11.8 Å². The number of hydrogen-bond acceptors (Lipinski definition) is 4. The molecule has 2 heterocycles. The monoisotopic (exact) mass is 288 g/mol. The van der Waals surface area contributed by atoms with Crippen LogP contribution in [-0.2, 0) is 10.0 Å². The zero-order valence-corrected chi connectivity index (χ0v) is 11.5. The Hall–Kier alpha value is -2.41. The van der Waals surface area contributed by atoms with E-state index in [2.05, 4.69) is 14.9 Å². The maximum Gasteiger partial charge on any atom is 0.262 e. The number of rotatable bonds is 3. The van der Waals surface area contributed by atoms with Crippen LogP contribution in [-0.4, -0.2) is 23.0 Å². The Kier molecular flexibility index (Phi) is 2.90. The van der Waals surface area contributed by atoms with Crippen molar-refractivity contribution in [3.05, 3.63) is 54.5 Å². The normalized spacial score (nSPS) is 11.7. The summed E-state index contributed by atoms with van der Waals surface area (Å²) in [6, 6.07) is 10.2. The van der Waals surface area contributed by atoms with Gasteiger partial charge in [-0.3, -0.25) is 9.12 Å². The van der Waals surface area contributed by atoms with Crippen molar-refractivity contribution in [1.29, 1.82) is 0 Å². The summed E-state index contributed by atoms with van der Waals surface area (Å²) in [7, 11) is -3.60. The lowest BCUT2D eigenvalue weighted by Crippen LogP contribution is -2.14. The Balaban J connectivity index is 1.99. The summed E-state index contributed by atoms with van der Waals surface area (Å²) in [6.07, 6.45) is 3.14. The summed E-state index contributed by atoms with van der Waals surface area (Å²) in [5.74, 6) is 0. The van der Waals surface area contributed by atoms with Crippen LogP contribution in [0.1, 0.15) is 5.56 Å². The van der Waals surface area contributed by atoms with E-state index in [1.54, 1.807) is 53.9 Å². The first-order valence-electron chi connectivity index (χ1n) is 5.94. The number of anilines is 1. The van der Waals surface area contributed by atoms with Gasteiger partial charge in [-0.15, -0.1) is 10.2 Å². The lowest BCUT2D eigenvalue weighted by atomic mass is 10.2. The molecule has 0 fully saturated rings. The highest BCUT2D eigenvalue weighted by Crippen LogP contribution is 2.19. The maximum atomic E-state index is 12.3. The molecule has 0 aliphatic heterocycles. The predicted molar refractivity (Wildman–Crippen MR) is 75.0 cm³/mol. The molecule has 1 aromatic carbocycles. The summed E-state index contributed by atoms with van der Waals surface area (Å²) in [6.45, 7) is 1.76. The highest BCUT2D eigenvalue weighted by Gasteiger charge is 2.16. The van der Waals surface area contributed by atoms with Crippen LogP contribution in [0.2, 0.25) is 0 Å². The Morgan fingerprint density at radius 3 is 2.75 bits per heavy atom. The Morgan fingerprint density at radius 2 is 1.95 bits per heavy atom. The van der Waals surface area contributed by atoms with E-state index in [4.69, 9.17) is 0 Å². The third-order valence-corrected chi connectivity index (χ3v) is 4.47. The van der Waals surface area contributed by atoms with Gasteiger partial charge in [0.25, 0.3) is 10.0 Å². The van der Waals surface area contributed by atoms with Crippen molar-refractivity contribution < 1.29 is 8.42 Å². The fraction of sp³-hybridized carbons (Fsp3) is 0.0769. The van der Waals surface area contributed by atoms with Gasteiger partial charge in [-0.2, -0.15) is 0 Å². The fourth-order valence-corrected chi connectivity index (χ4v) is 3.25. The molecule has 0 amide bonds. The molecule has 6 nitrogen and oxygen atoms in total. The van der Waals surface area contributed by atoms with Crippen LogP contribution in [0, 0.1) is 6.92 Å². The molecular formula is C13H12N4O2S. The van der Waals surface area contributed by atoms with Crippen LogP contribution in [0.15, 0.2) is 53.8 Å². The number of benzene rings is 1. The molecule has 0 aliphatic carbocycles. The summed E-state index contributed by atoms with van der Waals surface area (Å²) in [5.41, 5.74) is 1.81. The molecule has 0 atom stereocenters. The number of aryl methyl sites for hydroxylation is 1. The van der Waals surface area contributed by atoms with Crippen LogP contribution >= 0.6 is 0 Å². The predicted octanol–water partition coefficient (Wildman–Crippen LogP) is 1.84. The van der Waals surface area contributed by atoms with Gasteiger partial charge in [0.15, 0.2) is 5.65 Å². The second-order valence-corrected chi connectivity index (χ2v) is 6.04. The largest absolute Gasteiger partial charge is 0.287 e. The van der Waals surface area contributed by atoms with Gasteiger partial charge in [-0.25, -0.2) is 8.42 Å². The minimum atomic E-state index is -3.60. The fourth-order valence-electron chi connectivity index (χ4n) is 1.96. The lowest BCUT2D eigenvalue weighted by molar-refractivity contribution is 0.600. The lowest BCUT2D eigenvalue weighted by Gasteiger charge is -2.10. The van der Waals surface area contributed by atoms with Gasteiger partial charge in [-0.05, 0) is 30.7 Å². The van der Waals surface area contributed by atoms with Gasteiger partial charge >= 0.3 is 0 Å². The van der Waals surface area contributed by atoms with E-state index in [0.29, 0.717) is 16.9 Å². The second-order valence-electron chi connectivity index (χ2n) is 4.39. The minimum absolute atomic E-state index is 0.267. The molecule has 1 N–H and O–H groups in total. The smallest absolute Gasteiger partial charge is 0.262 e. The zero-order valence-electron chi connectivity index (χ0n) is 10.7. The number of sulfonamides is 1. The Morgan fingerprint density at radius 1 is 1.15 bits per heavy atom. The molecule has 0 aliphatic rings. The molecule has 0 bridgehead atoms. The van der Waals surface area contributed by atoms with E-state index in [-0.39, 0.29) is 4.90 Å². The topological polar surface area (TPSA) is 76.4 Å². The Bertz CT molecular complexity index is 871. The molecule has 0 radical (unpaired) electrons. The quantitative estimate of drug-likeness (QED) is 0.798. The Labute approximate surface area is 116 Å². The standard InChI is InChI=1S/C13H12N4O2S/c1-10-4-2-3-5-12(10)20(18,19)16-11-6-7-13-15-14-9-17(13)8-11/h2-9,16H,1H3. The third-order valence-electron chi connectivity index (χ3n) is 2.93. The van der Waals surface area contributed by atoms with E-state index in [0.717, 1.165) is 0 Å². The van der Waals surface area contributed by atoms with E-state index in [9.17, 15) is 8.42 Å². The van der Waals surface area contributed by atoms with Crippen LogP contribution in [0.4, 0.5) is 5.69 Å². The number of nitrogens with one attached hydrogen (secondary N) is 1. The zero-order chi connectivity index (χ0) is 14.2. The molecule has 3 aromatic rings. The molecule has 0 spiro atoms. The molecule has 3 rings (SSSR count). The van der Waals surface area contributed by atoms with Crippen LogP contribution in [0.5, 0.6) is 0 Å². The van der Waals surface area contributed by atoms with Crippen molar-refractivity contribution in [3.8, 4) is 0 Å². The molecular weight excluding hydrogens is 276 g/mol. The van der Waals surface area contributed by atoms with Crippen LogP contribution in [0.3, 0.4) is 0 Å².